The molecule has 3 atom stereocenters. The van der Waals surface area contributed by atoms with Crippen LogP contribution in [0.4, 0.5) is 5.69 Å². The van der Waals surface area contributed by atoms with E-state index in [0.717, 1.165) is 24.3 Å². The molecular weight excluding hydrogens is 276 g/mol. The van der Waals surface area contributed by atoms with Gasteiger partial charge in [0.25, 0.3) is 0 Å². The minimum atomic E-state index is -0.129. The first kappa shape index (κ1) is 16.8. The van der Waals surface area contributed by atoms with Gasteiger partial charge in [0.1, 0.15) is 5.75 Å². The molecule has 0 bridgehead atoms. The summed E-state index contributed by atoms with van der Waals surface area (Å²) < 4.78 is 5.33. The third-order valence-corrected chi connectivity index (χ3v) is 4.44. The fourth-order valence-electron chi connectivity index (χ4n) is 3.35. The van der Waals surface area contributed by atoms with E-state index in [1.807, 2.05) is 32.0 Å². The van der Waals surface area contributed by atoms with Crippen LogP contribution in [0.5, 0.6) is 5.75 Å². The first-order chi connectivity index (χ1) is 10.4. The molecule has 4 nitrogen and oxygen atoms in total. The minimum absolute atomic E-state index is 0.0326. The molecule has 0 aliphatic carbocycles. The topological polar surface area (TPSA) is 41.6 Å². The molecule has 0 radical (unpaired) electrons. The number of hydrogen-bond donors (Lipinski definition) is 1. The van der Waals surface area contributed by atoms with Crippen LogP contribution in [0.2, 0.25) is 0 Å². The van der Waals surface area contributed by atoms with Crippen molar-refractivity contribution in [1.29, 1.82) is 0 Å². The minimum Gasteiger partial charge on any atom is -0.495 e. The highest BCUT2D eigenvalue weighted by Gasteiger charge is 2.29. The van der Waals surface area contributed by atoms with Crippen LogP contribution in [0.15, 0.2) is 18.2 Å². The van der Waals surface area contributed by atoms with Crippen molar-refractivity contribution in [2.24, 2.45) is 11.8 Å². The summed E-state index contributed by atoms with van der Waals surface area (Å²) >= 11 is 0. The monoisotopic (exact) mass is 304 g/mol. The second-order valence-corrected chi connectivity index (χ2v) is 6.77. The first-order valence-electron chi connectivity index (χ1n) is 8.10. The molecule has 1 aromatic carbocycles. The largest absolute Gasteiger partial charge is 0.495 e. The SMILES string of the molecule is COc1ccc(C)cc1NC(=O)[C@H](C)N1C[C@@H](C)C[C@H](C)C1. The van der Waals surface area contributed by atoms with Crippen LogP contribution in [0, 0.1) is 18.8 Å². The van der Waals surface area contributed by atoms with Crippen LogP contribution in [0.1, 0.15) is 32.8 Å². The third kappa shape index (κ3) is 4.01. The van der Waals surface area contributed by atoms with Crippen LogP contribution in [-0.2, 0) is 4.79 Å². The number of likely N-dealkylation sites (tertiary alicyclic amines) is 1. The Balaban J connectivity index is 2.07. The predicted octanol–water partition coefficient (Wildman–Crippen LogP) is 3.31. The van der Waals surface area contributed by atoms with Gasteiger partial charge in [-0.3, -0.25) is 9.69 Å². The summed E-state index contributed by atoms with van der Waals surface area (Å²) in [5.74, 6) is 2.02. The van der Waals surface area contributed by atoms with Crippen molar-refractivity contribution in [1.82, 2.24) is 4.90 Å². The maximum absolute atomic E-state index is 12.6. The van der Waals surface area contributed by atoms with Crippen LogP contribution < -0.4 is 10.1 Å². The number of nitrogens with one attached hydrogen (secondary N) is 1. The Kier molecular flexibility index (Phi) is 5.46. The fraction of sp³-hybridized carbons (Fsp3) is 0.611. The quantitative estimate of drug-likeness (QED) is 0.928. The van der Waals surface area contributed by atoms with Crippen molar-refractivity contribution in [2.75, 3.05) is 25.5 Å². The molecule has 0 spiro atoms. The van der Waals surface area contributed by atoms with E-state index in [-0.39, 0.29) is 11.9 Å². The highest BCUT2D eigenvalue weighted by molar-refractivity contribution is 5.95. The molecule has 1 aliphatic rings. The molecular formula is C18H28N2O2. The van der Waals surface area contributed by atoms with E-state index in [1.165, 1.54) is 6.42 Å². The van der Waals surface area contributed by atoms with Crippen molar-refractivity contribution < 1.29 is 9.53 Å². The Bertz CT molecular complexity index is 520. The maximum Gasteiger partial charge on any atom is 0.241 e. The Morgan fingerprint density at radius 1 is 1.32 bits per heavy atom. The van der Waals surface area contributed by atoms with E-state index in [1.54, 1.807) is 7.11 Å². The number of methoxy groups -OCH3 is 1. The van der Waals surface area contributed by atoms with Crippen molar-refractivity contribution in [2.45, 2.75) is 40.2 Å². The van der Waals surface area contributed by atoms with Crippen molar-refractivity contribution in [3.8, 4) is 5.75 Å². The van der Waals surface area contributed by atoms with E-state index < -0.39 is 0 Å². The van der Waals surface area contributed by atoms with Gasteiger partial charge in [0.15, 0.2) is 0 Å². The van der Waals surface area contributed by atoms with E-state index in [2.05, 4.69) is 24.1 Å². The number of rotatable bonds is 4. The van der Waals surface area contributed by atoms with Gasteiger partial charge in [-0.05, 0) is 49.8 Å². The molecule has 4 heteroatoms. The molecule has 1 heterocycles. The van der Waals surface area contributed by atoms with Crippen LogP contribution in [0.3, 0.4) is 0 Å². The van der Waals surface area contributed by atoms with E-state index >= 15 is 0 Å². The Morgan fingerprint density at radius 2 is 1.95 bits per heavy atom. The van der Waals surface area contributed by atoms with Crippen molar-refractivity contribution in [3.05, 3.63) is 23.8 Å². The highest BCUT2D eigenvalue weighted by Crippen LogP contribution is 2.27. The van der Waals surface area contributed by atoms with Gasteiger partial charge in [-0.1, -0.05) is 19.9 Å². The lowest BCUT2D eigenvalue weighted by atomic mass is 9.91. The molecule has 1 amide bonds. The zero-order chi connectivity index (χ0) is 16.3. The number of hydrogen-bond acceptors (Lipinski definition) is 3. The summed E-state index contributed by atoms with van der Waals surface area (Å²) in [7, 11) is 1.62. The summed E-state index contributed by atoms with van der Waals surface area (Å²) in [6.07, 6.45) is 1.25. The van der Waals surface area contributed by atoms with E-state index in [4.69, 9.17) is 4.74 Å². The van der Waals surface area contributed by atoms with Gasteiger partial charge in [-0.2, -0.15) is 0 Å². The van der Waals surface area contributed by atoms with Gasteiger partial charge in [-0.15, -0.1) is 0 Å². The molecule has 1 aromatic rings. The number of benzene rings is 1. The van der Waals surface area contributed by atoms with Gasteiger partial charge in [0.2, 0.25) is 5.91 Å². The summed E-state index contributed by atoms with van der Waals surface area (Å²) in [4.78, 5) is 14.9. The average molecular weight is 304 g/mol. The van der Waals surface area contributed by atoms with Gasteiger partial charge in [-0.25, -0.2) is 0 Å². The lowest BCUT2D eigenvalue weighted by Crippen LogP contribution is -2.48. The molecule has 2 rings (SSSR count). The molecule has 122 valence electrons. The molecule has 0 aromatic heterocycles. The molecule has 0 unspecified atom stereocenters. The number of carbonyl (C=O) groups is 1. The Morgan fingerprint density at radius 3 is 2.55 bits per heavy atom. The summed E-state index contributed by atoms with van der Waals surface area (Å²) in [5.41, 5.74) is 1.85. The predicted molar refractivity (Wildman–Crippen MR) is 90.3 cm³/mol. The number of piperidine rings is 1. The smallest absolute Gasteiger partial charge is 0.241 e. The lowest BCUT2D eigenvalue weighted by molar-refractivity contribution is -0.121. The summed E-state index contributed by atoms with van der Waals surface area (Å²) in [6.45, 7) is 10.5. The number of ether oxygens (including phenoxy) is 1. The Hall–Kier alpha value is -1.55. The van der Waals surface area contributed by atoms with Crippen molar-refractivity contribution >= 4 is 11.6 Å². The van der Waals surface area contributed by atoms with Gasteiger partial charge in [0, 0.05) is 13.1 Å². The number of carbonyl (C=O) groups excluding carboxylic acids is 1. The number of aryl methyl sites for hydroxylation is 1. The highest BCUT2D eigenvalue weighted by atomic mass is 16.5. The normalized spacial score (nSPS) is 23.9. The number of amides is 1. The van der Waals surface area contributed by atoms with Gasteiger partial charge >= 0.3 is 0 Å². The molecule has 1 fully saturated rings. The van der Waals surface area contributed by atoms with E-state index in [9.17, 15) is 4.79 Å². The zero-order valence-corrected chi connectivity index (χ0v) is 14.3. The van der Waals surface area contributed by atoms with Crippen molar-refractivity contribution in [3.63, 3.8) is 0 Å². The average Bonchev–Trinajstić information content (AvgIpc) is 2.45. The second-order valence-electron chi connectivity index (χ2n) is 6.77. The van der Waals surface area contributed by atoms with Gasteiger partial charge in [0.05, 0.1) is 18.8 Å². The third-order valence-electron chi connectivity index (χ3n) is 4.44. The standard InChI is InChI=1S/C18H28N2O2/c1-12-6-7-17(22-5)16(9-12)19-18(21)15(4)20-10-13(2)8-14(3)11-20/h6-7,9,13-15H,8,10-11H2,1-5H3,(H,19,21)/t13-,14-,15-/m0/s1. The van der Waals surface area contributed by atoms with Crippen LogP contribution >= 0.6 is 0 Å². The number of nitrogens with zero attached hydrogens (tertiary/aromatic N) is 1. The summed E-state index contributed by atoms with van der Waals surface area (Å²) in [6, 6.07) is 5.69. The van der Waals surface area contributed by atoms with Crippen LogP contribution in [0.25, 0.3) is 0 Å². The Labute approximate surface area is 133 Å². The fourth-order valence-corrected chi connectivity index (χ4v) is 3.35. The lowest BCUT2D eigenvalue weighted by Gasteiger charge is -2.38. The summed E-state index contributed by atoms with van der Waals surface area (Å²) in [5, 5.41) is 3.02. The number of anilines is 1. The molecule has 0 saturated carbocycles. The zero-order valence-electron chi connectivity index (χ0n) is 14.3. The van der Waals surface area contributed by atoms with Crippen LogP contribution in [-0.4, -0.2) is 37.0 Å². The van der Waals surface area contributed by atoms with Gasteiger partial charge < -0.3 is 10.1 Å². The van der Waals surface area contributed by atoms with E-state index in [0.29, 0.717) is 17.6 Å². The molecule has 1 N–H and O–H groups in total. The molecule has 1 aliphatic heterocycles. The maximum atomic E-state index is 12.6. The molecule has 1 saturated heterocycles. The first-order valence-corrected chi connectivity index (χ1v) is 8.10. The molecule has 22 heavy (non-hydrogen) atoms. The second kappa shape index (κ2) is 7.14.